The number of nitrogens with zero attached hydrogens (tertiary/aromatic N) is 4. The van der Waals surface area contributed by atoms with E-state index in [9.17, 15) is 0 Å². The highest BCUT2D eigenvalue weighted by Gasteiger charge is 2.08. The van der Waals surface area contributed by atoms with Gasteiger partial charge in [-0.2, -0.15) is 0 Å². The molecule has 0 aromatic carbocycles. The zero-order chi connectivity index (χ0) is 13.7. The molecule has 19 heavy (non-hydrogen) atoms. The lowest BCUT2D eigenvalue weighted by Crippen LogP contribution is -2.16. The molecule has 2 aromatic heterocycles. The van der Waals surface area contributed by atoms with Gasteiger partial charge in [-0.15, -0.1) is 10.2 Å². The van der Waals surface area contributed by atoms with Crippen molar-refractivity contribution in [2.75, 3.05) is 0 Å². The average Bonchev–Trinajstić information content (AvgIpc) is 2.95. The molecular formula is C12H19ClN6. The van der Waals surface area contributed by atoms with E-state index >= 15 is 0 Å². The van der Waals surface area contributed by atoms with Crippen molar-refractivity contribution in [2.24, 2.45) is 7.05 Å². The topological polar surface area (TPSA) is 71.4 Å². The number of aromatic nitrogens is 5. The number of imidazole rings is 1. The van der Waals surface area contributed by atoms with E-state index in [0.29, 0.717) is 18.2 Å². The number of halogens is 1. The first-order valence-corrected chi connectivity index (χ1v) is 6.85. The lowest BCUT2D eigenvalue weighted by atomic mass is 10.2. The number of rotatable bonds is 7. The minimum Gasteiger partial charge on any atom is -0.344 e. The van der Waals surface area contributed by atoms with Crippen molar-refractivity contribution in [2.45, 2.75) is 39.3 Å². The summed E-state index contributed by atoms with van der Waals surface area (Å²) in [4.78, 5) is 7.58. The molecule has 6 nitrogen and oxygen atoms in total. The Kier molecular flexibility index (Phi) is 4.93. The lowest BCUT2D eigenvalue weighted by Gasteiger charge is -2.02. The fraction of sp³-hybridized carbons (Fsp3) is 0.583. The molecular weight excluding hydrogens is 264 g/mol. The second-order valence-electron chi connectivity index (χ2n) is 4.52. The second kappa shape index (κ2) is 6.68. The molecule has 0 aliphatic heterocycles. The fourth-order valence-corrected chi connectivity index (χ4v) is 2.00. The first-order chi connectivity index (χ1) is 9.20. The molecule has 0 radical (unpaired) electrons. The first kappa shape index (κ1) is 14.0. The van der Waals surface area contributed by atoms with Crippen molar-refractivity contribution in [1.29, 1.82) is 0 Å². The molecule has 0 saturated heterocycles. The van der Waals surface area contributed by atoms with Gasteiger partial charge in [0.2, 0.25) is 0 Å². The highest BCUT2D eigenvalue weighted by atomic mass is 35.5. The Morgan fingerprint density at radius 2 is 2.26 bits per heavy atom. The third kappa shape index (κ3) is 3.78. The minimum atomic E-state index is 0.552. The summed E-state index contributed by atoms with van der Waals surface area (Å²) in [5.74, 6) is 1.85. The molecule has 0 aliphatic carbocycles. The average molecular weight is 283 g/mol. The molecule has 0 atom stereocenters. The van der Waals surface area contributed by atoms with Crippen LogP contribution in [0.2, 0.25) is 5.15 Å². The second-order valence-corrected chi connectivity index (χ2v) is 4.88. The molecule has 0 spiro atoms. The van der Waals surface area contributed by atoms with Gasteiger partial charge in [0.15, 0.2) is 5.15 Å². The molecule has 0 saturated carbocycles. The molecule has 2 heterocycles. The maximum absolute atomic E-state index is 6.10. The van der Waals surface area contributed by atoms with Gasteiger partial charge in [-0.25, -0.2) is 4.98 Å². The van der Waals surface area contributed by atoms with E-state index in [4.69, 9.17) is 11.6 Å². The van der Waals surface area contributed by atoms with Gasteiger partial charge in [-0.05, 0) is 6.42 Å². The smallest absolute Gasteiger partial charge is 0.151 e. The quantitative estimate of drug-likeness (QED) is 0.813. The third-order valence-electron chi connectivity index (χ3n) is 2.93. The van der Waals surface area contributed by atoms with Gasteiger partial charge in [-0.1, -0.05) is 24.9 Å². The van der Waals surface area contributed by atoms with Crippen molar-refractivity contribution in [3.63, 3.8) is 0 Å². The summed E-state index contributed by atoms with van der Waals surface area (Å²) in [6.45, 7) is 3.45. The standard InChI is InChI=1S/C12H19ClN6/c1-3-4-5-10-16-9(12(13)17-10)6-14-7-11-18-15-8-19(11)2/h8,14H,3-7H2,1-2H3,(H,16,17). The predicted octanol–water partition coefficient (Wildman–Crippen LogP) is 1.82. The number of nitrogens with one attached hydrogen (secondary N) is 2. The largest absolute Gasteiger partial charge is 0.344 e. The van der Waals surface area contributed by atoms with Gasteiger partial charge in [0, 0.05) is 20.0 Å². The molecule has 0 bridgehead atoms. The van der Waals surface area contributed by atoms with E-state index in [-0.39, 0.29) is 0 Å². The molecule has 0 aliphatic rings. The Balaban J connectivity index is 1.85. The van der Waals surface area contributed by atoms with Crippen LogP contribution in [0.1, 0.15) is 37.1 Å². The van der Waals surface area contributed by atoms with Crippen LogP contribution in [-0.2, 0) is 26.6 Å². The zero-order valence-electron chi connectivity index (χ0n) is 11.3. The van der Waals surface area contributed by atoms with E-state index in [2.05, 4.69) is 32.4 Å². The molecule has 2 rings (SSSR count). The maximum Gasteiger partial charge on any atom is 0.151 e. The van der Waals surface area contributed by atoms with Crippen LogP contribution in [0.15, 0.2) is 6.33 Å². The summed E-state index contributed by atoms with van der Waals surface area (Å²) in [6, 6.07) is 0. The monoisotopic (exact) mass is 282 g/mol. The van der Waals surface area contributed by atoms with Gasteiger partial charge < -0.3 is 14.9 Å². The van der Waals surface area contributed by atoms with Crippen molar-refractivity contribution < 1.29 is 0 Å². The van der Waals surface area contributed by atoms with Crippen LogP contribution in [0.5, 0.6) is 0 Å². The highest BCUT2D eigenvalue weighted by Crippen LogP contribution is 2.14. The van der Waals surface area contributed by atoms with Crippen LogP contribution in [0.4, 0.5) is 0 Å². The summed E-state index contributed by atoms with van der Waals surface area (Å²) < 4.78 is 1.88. The summed E-state index contributed by atoms with van der Waals surface area (Å²) in [5, 5.41) is 11.7. The maximum atomic E-state index is 6.10. The van der Waals surface area contributed by atoms with Crippen molar-refractivity contribution in [3.05, 3.63) is 28.8 Å². The van der Waals surface area contributed by atoms with Crippen molar-refractivity contribution >= 4 is 11.6 Å². The molecule has 0 fully saturated rings. The van der Waals surface area contributed by atoms with E-state index < -0.39 is 0 Å². The highest BCUT2D eigenvalue weighted by molar-refractivity contribution is 6.30. The third-order valence-corrected chi connectivity index (χ3v) is 3.25. The predicted molar refractivity (Wildman–Crippen MR) is 73.8 cm³/mol. The normalized spacial score (nSPS) is 11.1. The van der Waals surface area contributed by atoms with Gasteiger partial charge >= 0.3 is 0 Å². The number of H-pyrrole nitrogens is 1. The van der Waals surface area contributed by atoms with Gasteiger partial charge in [-0.3, -0.25) is 0 Å². The number of aromatic amines is 1. The number of hydrogen-bond donors (Lipinski definition) is 2. The van der Waals surface area contributed by atoms with Crippen LogP contribution < -0.4 is 5.32 Å². The molecule has 104 valence electrons. The van der Waals surface area contributed by atoms with Crippen LogP contribution in [0.25, 0.3) is 0 Å². The Morgan fingerprint density at radius 1 is 1.42 bits per heavy atom. The van der Waals surface area contributed by atoms with Gasteiger partial charge in [0.25, 0.3) is 0 Å². The summed E-state index contributed by atoms with van der Waals surface area (Å²) in [6.07, 6.45) is 4.90. The van der Waals surface area contributed by atoms with Crippen molar-refractivity contribution in [1.82, 2.24) is 30.0 Å². The van der Waals surface area contributed by atoms with Crippen molar-refractivity contribution in [3.8, 4) is 0 Å². The Morgan fingerprint density at radius 3 is 2.95 bits per heavy atom. The Bertz CT molecular complexity index is 518. The van der Waals surface area contributed by atoms with E-state index in [1.54, 1.807) is 6.33 Å². The van der Waals surface area contributed by atoms with Crippen LogP contribution in [0, 0.1) is 0 Å². The minimum absolute atomic E-state index is 0.552. The Hall–Kier alpha value is -1.40. The van der Waals surface area contributed by atoms with Gasteiger partial charge in [0.05, 0.1) is 12.2 Å². The first-order valence-electron chi connectivity index (χ1n) is 6.47. The molecule has 2 aromatic rings. The molecule has 0 amide bonds. The SMILES string of the molecule is CCCCc1nc(Cl)c(CNCc2nncn2C)[nH]1. The summed E-state index contributed by atoms with van der Waals surface area (Å²) in [7, 11) is 1.92. The summed E-state index contributed by atoms with van der Waals surface area (Å²) in [5.41, 5.74) is 0.926. The Labute approximate surface area is 117 Å². The van der Waals surface area contributed by atoms with E-state index in [1.807, 2.05) is 11.6 Å². The van der Waals surface area contributed by atoms with E-state index in [0.717, 1.165) is 36.6 Å². The van der Waals surface area contributed by atoms with E-state index in [1.165, 1.54) is 0 Å². The molecule has 2 N–H and O–H groups in total. The zero-order valence-corrected chi connectivity index (χ0v) is 12.0. The number of aryl methyl sites for hydroxylation is 2. The van der Waals surface area contributed by atoms with Crippen LogP contribution in [0.3, 0.4) is 0 Å². The molecule has 0 unspecified atom stereocenters. The fourth-order valence-electron chi connectivity index (χ4n) is 1.79. The van der Waals surface area contributed by atoms with Crippen LogP contribution >= 0.6 is 11.6 Å². The van der Waals surface area contributed by atoms with Crippen LogP contribution in [-0.4, -0.2) is 24.7 Å². The molecule has 7 heteroatoms. The van der Waals surface area contributed by atoms with Gasteiger partial charge in [0.1, 0.15) is 18.0 Å². The lowest BCUT2D eigenvalue weighted by molar-refractivity contribution is 0.629. The number of unbranched alkanes of at least 4 members (excludes halogenated alkanes) is 1. The number of hydrogen-bond acceptors (Lipinski definition) is 4. The summed E-state index contributed by atoms with van der Waals surface area (Å²) >= 11 is 6.10.